The molecule has 0 bridgehead atoms. The van der Waals surface area contributed by atoms with Gasteiger partial charge in [0, 0.05) is 42.1 Å². The van der Waals surface area contributed by atoms with Gasteiger partial charge in [-0.05, 0) is 24.3 Å². The van der Waals surface area contributed by atoms with Crippen LogP contribution in [0.2, 0.25) is 0 Å². The first-order valence-corrected chi connectivity index (χ1v) is 6.83. The molecule has 0 saturated carbocycles. The van der Waals surface area contributed by atoms with Crippen LogP contribution in [-0.4, -0.2) is 36.5 Å². The van der Waals surface area contributed by atoms with Crippen LogP contribution in [0, 0.1) is 0 Å². The number of furan rings is 1. The molecule has 6 nitrogen and oxygen atoms in total. The molecule has 0 saturated heterocycles. The molecule has 1 heterocycles. The second kappa shape index (κ2) is 7.12. The standard InChI is InChI=1S/C15H21N3O3/c16-9-11-7-15(21-10-11)13-8-12(1-2-14(13)17)18(3-5-19)4-6-20/h1-2,7-8,10,19-20H,3-6,9,16-17H2. The highest BCUT2D eigenvalue weighted by Gasteiger charge is 2.12. The van der Waals surface area contributed by atoms with E-state index in [-0.39, 0.29) is 13.2 Å². The molecule has 6 N–H and O–H groups in total. The second-order valence-electron chi connectivity index (χ2n) is 4.73. The molecule has 1 aromatic heterocycles. The van der Waals surface area contributed by atoms with Gasteiger partial charge in [0.15, 0.2) is 0 Å². The lowest BCUT2D eigenvalue weighted by molar-refractivity contribution is 0.281. The number of hydrogen-bond donors (Lipinski definition) is 4. The van der Waals surface area contributed by atoms with Crippen LogP contribution in [0.1, 0.15) is 5.56 Å². The Morgan fingerprint density at radius 2 is 1.81 bits per heavy atom. The molecule has 2 aromatic rings. The molecule has 0 atom stereocenters. The normalized spacial score (nSPS) is 10.8. The highest BCUT2D eigenvalue weighted by molar-refractivity contribution is 5.77. The third-order valence-corrected chi connectivity index (χ3v) is 3.30. The van der Waals surface area contributed by atoms with Crippen LogP contribution in [0.4, 0.5) is 11.4 Å². The van der Waals surface area contributed by atoms with Gasteiger partial charge >= 0.3 is 0 Å². The molecule has 0 aliphatic carbocycles. The summed E-state index contributed by atoms with van der Waals surface area (Å²) in [7, 11) is 0. The number of hydrogen-bond acceptors (Lipinski definition) is 6. The Kier molecular flexibility index (Phi) is 5.21. The van der Waals surface area contributed by atoms with E-state index in [0.717, 1.165) is 16.8 Å². The molecular formula is C15H21N3O3. The number of benzene rings is 1. The van der Waals surface area contributed by atoms with Gasteiger partial charge in [-0.1, -0.05) is 0 Å². The van der Waals surface area contributed by atoms with Gasteiger partial charge in [0.2, 0.25) is 0 Å². The van der Waals surface area contributed by atoms with Crippen LogP contribution >= 0.6 is 0 Å². The third kappa shape index (κ3) is 3.55. The largest absolute Gasteiger partial charge is 0.464 e. The molecule has 0 radical (unpaired) electrons. The molecule has 1 aromatic carbocycles. The van der Waals surface area contributed by atoms with Crippen molar-refractivity contribution >= 4 is 11.4 Å². The first-order chi connectivity index (χ1) is 10.2. The van der Waals surface area contributed by atoms with E-state index >= 15 is 0 Å². The number of nitrogen functional groups attached to an aromatic ring is 1. The first kappa shape index (κ1) is 15.4. The van der Waals surface area contributed by atoms with E-state index in [1.54, 1.807) is 12.3 Å². The van der Waals surface area contributed by atoms with Gasteiger partial charge in [0.1, 0.15) is 5.76 Å². The predicted octanol–water partition coefficient (Wildman–Crippen LogP) is 0.778. The molecule has 2 rings (SSSR count). The zero-order chi connectivity index (χ0) is 15.2. The van der Waals surface area contributed by atoms with Crippen molar-refractivity contribution in [2.24, 2.45) is 5.73 Å². The highest BCUT2D eigenvalue weighted by Crippen LogP contribution is 2.31. The van der Waals surface area contributed by atoms with Crippen molar-refractivity contribution in [1.82, 2.24) is 0 Å². The topological polar surface area (TPSA) is 109 Å². The van der Waals surface area contributed by atoms with Gasteiger partial charge in [-0.25, -0.2) is 0 Å². The monoisotopic (exact) mass is 291 g/mol. The van der Waals surface area contributed by atoms with E-state index in [1.165, 1.54) is 0 Å². The smallest absolute Gasteiger partial charge is 0.136 e. The van der Waals surface area contributed by atoms with Gasteiger partial charge < -0.3 is 31.0 Å². The van der Waals surface area contributed by atoms with Gasteiger partial charge in [-0.2, -0.15) is 0 Å². The Morgan fingerprint density at radius 3 is 2.38 bits per heavy atom. The van der Waals surface area contributed by atoms with Crippen molar-refractivity contribution in [1.29, 1.82) is 0 Å². The predicted molar refractivity (Wildman–Crippen MR) is 82.8 cm³/mol. The van der Waals surface area contributed by atoms with Crippen LogP contribution in [-0.2, 0) is 6.54 Å². The van der Waals surface area contributed by atoms with E-state index in [9.17, 15) is 0 Å². The third-order valence-electron chi connectivity index (χ3n) is 3.30. The van der Waals surface area contributed by atoms with Crippen molar-refractivity contribution in [3.8, 4) is 11.3 Å². The zero-order valence-electron chi connectivity index (χ0n) is 11.8. The van der Waals surface area contributed by atoms with Crippen molar-refractivity contribution in [3.63, 3.8) is 0 Å². The van der Waals surface area contributed by atoms with Crippen molar-refractivity contribution in [2.75, 3.05) is 36.9 Å². The molecule has 0 aliphatic heterocycles. The molecule has 0 aliphatic rings. The molecule has 0 fully saturated rings. The number of aliphatic hydroxyl groups is 2. The number of rotatable bonds is 7. The van der Waals surface area contributed by atoms with Gasteiger partial charge in [-0.15, -0.1) is 0 Å². The lowest BCUT2D eigenvalue weighted by atomic mass is 10.1. The van der Waals surface area contributed by atoms with Crippen molar-refractivity contribution < 1.29 is 14.6 Å². The highest BCUT2D eigenvalue weighted by atomic mass is 16.3. The fourth-order valence-electron chi connectivity index (χ4n) is 2.19. The average molecular weight is 291 g/mol. The van der Waals surface area contributed by atoms with Crippen LogP contribution in [0.5, 0.6) is 0 Å². The summed E-state index contributed by atoms with van der Waals surface area (Å²) >= 11 is 0. The van der Waals surface area contributed by atoms with E-state index < -0.39 is 0 Å². The number of nitrogens with two attached hydrogens (primary N) is 2. The Balaban J connectivity index is 2.35. The fourth-order valence-corrected chi connectivity index (χ4v) is 2.19. The molecule has 114 valence electrons. The van der Waals surface area contributed by atoms with Crippen molar-refractivity contribution in [2.45, 2.75) is 6.54 Å². The van der Waals surface area contributed by atoms with Crippen molar-refractivity contribution in [3.05, 3.63) is 36.1 Å². The lowest BCUT2D eigenvalue weighted by Crippen LogP contribution is -2.29. The Morgan fingerprint density at radius 1 is 1.10 bits per heavy atom. The zero-order valence-corrected chi connectivity index (χ0v) is 11.8. The van der Waals surface area contributed by atoms with Crippen LogP contribution in [0.15, 0.2) is 34.9 Å². The maximum Gasteiger partial charge on any atom is 0.136 e. The Labute approximate surface area is 123 Å². The van der Waals surface area contributed by atoms with Crippen LogP contribution < -0.4 is 16.4 Å². The minimum atomic E-state index is 0.0117. The Hall–Kier alpha value is -2.02. The summed E-state index contributed by atoms with van der Waals surface area (Å²) in [5, 5.41) is 18.2. The second-order valence-corrected chi connectivity index (χ2v) is 4.73. The van der Waals surface area contributed by atoms with E-state index in [0.29, 0.717) is 31.1 Å². The summed E-state index contributed by atoms with van der Waals surface area (Å²) in [5.74, 6) is 0.655. The quantitative estimate of drug-likeness (QED) is 0.561. The fraction of sp³-hybridized carbons (Fsp3) is 0.333. The SMILES string of the molecule is NCc1coc(-c2cc(N(CCO)CCO)ccc2N)c1. The maximum atomic E-state index is 9.12. The molecule has 6 heteroatoms. The minimum absolute atomic E-state index is 0.0117. The summed E-state index contributed by atoms with van der Waals surface area (Å²) in [5.41, 5.74) is 14.7. The van der Waals surface area contributed by atoms with Gasteiger partial charge in [0.25, 0.3) is 0 Å². The lowest BCUT2D eigenvalue weighted by Gasteiger charge is -2.23. The van der Waals surface area contributed by atoms with Gasteiger partial charge in [0.05, 0.1) is 19.5 Å². The molecule has 21 heavy (non-hydrogen) atoms. The number of nitrogens with zero attached hydrogens (tertiary/aromatic N) is 1. The molecular weight excluding hydrogens is 270 g/mol. The van der Waals surface area contributed by atoms with E-state index in [2.05, 4.69) is 0 Å². The summed E-state index contributed by atoms with van der Waals surface area (Å²) in [6.45, 7) is 1.31. The van der Waals surface area contributed by atoms with E-state index in [1.807, 2.05) is 23.1 Å². The summed E-state index contributed by atoms with van der Waals surface area (Å²) in [6, 6.07) is 7.39. The molecule has 0 amide bonds. The van der Waals surface area contributed by atoms with E-state index in [4.69, 9.17) is 26.1 Å². The summed E-state index contributed by atoms with van der Waals surface area (Å²) < 4.78 is 5.50. The minimum Gasteiger partial charge on any atom is -0.464 e. The first-order valence-electron chi connectivity index (χ1n) is 6.83. The molecule has 0 spiro atoms. The number of aliphatic hydroxyl groups excluding tert-OH is 2. The molecule has 0 unspecified atom stereocenters. The summed E-state index contributed by atoms with van der Waals surface area (Å²) in [6.07, 6.45) is 1.61. The average Bonchev–Trinajstić information content (AvgIpc) is 2.96. The van der Waals surface area contributed by atoms with Crippen LogP contribution in [0.3, 0.4) is 0 Å². The Bertz CT molecular complexity index is 577. The summed E-state index contributed by atoms with van der Waals surface area (Å²) in [4.78, 5) is 1.88. The number of anilines is 2. The van der Waals surface area contributed by atoms with Gasteiger partial charge in [-0.3, -0.25) is 0 Å². The van der Waals surface area contributed by atoms with Crippen LogP contribution in [0.25, 0.3) is 11.3 Å². The maximum absolute atomic E-state index is 9.12.